The quantitative estimate of drug-likeness (QED) is 0.639. The van der Waals surface area contributed by atoms with Crippen molar-refractivity contribution in [3.63, 3.8) is 0 Å². The minimum Gasteiger partial charge on any atom is -0.465 e. The predicted octanol–water partition coefficient (Wildman–Crippen LogP) is 2.58. The Morgan fingerprint density at radius 1 is 1.47 bits per heavy atom. The maximum Gasteiger partial charge on any atom is 0.323 e. The second kappa shape index (κ2) is 7.58. The molecular weight excluding hydrogens is 258 g/mol. The summed E-state index contributed by atoms with van der Waals surface area (Å²) in [5.41, 5.74) is 0. The van der Waals surface area contributed by atoms with Crippen LogP contribution in [0.1, 0.15) is 6.92 Å². The molecule has 0 aliphatic heterocycles. The number of esters is 1. The average molecular weight is 274 g/mol. The van der Waals surface area contributed by atoms with E-state index in [1.54, 1.807) is 25.7 Å². The normalized spacial score (nSPS) is 12.2. The first-order valence-corrected chi connectivity index (χ1v) is 6.76. The zero-order valence-electron chi connectivity index (χ0n) is 9.90. The van der Waals surface area contributed by atoms with Crippen molar-refractivity contribution >= 4 is 29.3 Å². The lowest BCUT2D eigenvalue weighted by Crippen LogP contribution is -2.37. The highest BCUT2D eigenvalue weighted by Gasteiger charge is 2.17. The van der Waals surface area contributed by atoms with E-state index < -0.39 is 0 Å². The zero-order chi connectivity index (χ0) is 12.7. The van der Waals surface area contributed by atoms with Gasteiger partial charge < -0.3 is 10.1 Å². The molecule has 0 amide bonds. The van der Waals surface area contributed by atoms with Gasteiger partial charge in [0.15, 0.2) is 0 Å². The van der Waals surface area contributed by atoms with Crippen molar-refractivity contribution in [3.8, 4) is 0 Å². The molecule has 1 atom stereocenters. The van der Waals surface area contributed by atoms with Crippen LogP contribution in [-0.2, 0) is 9.53 Å². The second-order valence-electron chi connectivity index (χ2n) is 3.36. The first-order chi connectivity index (χ1) is 8.17. The van der Waals surface area contributed by atoms with Crippen LogP contribution in [0, 0.1) is 0 Å². The molecule has 1 aromatic carbocycles. The number of hydrogen-bond donors (Lipinski definition) is 1. The van der Waals surface area contributed by atoms with E-state index >= 15 is 0 Å². The van der Waals surface area contributed by atoms with Crippen molar-refractivity contribution in [2.24, 2.45) is 0 Å². The van der Waals surface area contributed by atoms with Crippen molar-refractivity contribution in [2.75, 3.05) is 19.4 Å². The van der Waals surface area contributed by atoms with E-state index in [9.17, 15) is 4.79 Å². The van der Waals surface area contributed by atoms with E-state index in [-0.39, 0.29) is 12.0 Å². The lowest BCUT2D eigenvalue weighted by molar-refractivity contribution is -0.144. The maximum absolute atomic E-state index is 11.5. The second-order valence-corrected chi connectivity index (χ2v) is 4.89. The van der Waals surface area contributed by atoms with Gasteiger partial charge in [0.25, 0.3) is 0 Å². The molecule has 5 heteroatoms. The summed E-state index contributed by atoms with van der Waals surface area (Å²) in [5.74, 6) is 0.424. The Hall–Kier alpha value is -0.710. The summed E-state index contributed by atoms with van der Waals surface area (Å²) in [4.78, 5) is 12.6. The molecule has 1 rings (SSSR count). The molecule has 0 radical (unpaired) electrons. The average Bonchev–Trinajstić information content (AvgIpc) is 2.32. The van der Waals surface area contributed by atoms with Crippen molar-refractivity contribution in [3.05, 3.63) is 29.3 Å². The van der Waals surface area contributed by atoms with E-state index in [1.807, 2.05) is 24.3 Å². The molecule has 0 heterocycles. The topological polar surface area (TPSA) is 38.3 Å². The van der Waals surface area contributed by atoms with Crippen LogP contribution >= 0.6 is 23.4 Å². The Morgan fingerprint density at radius 2 is 2.12 bits per heavy atom. The van der Waals surface area contributed by atoms with Crippen LogP contribution in [0.15, 0.2) is 29.2 Å². The van der Waals surface area contributed by atoms with Gasteiger partial charge in [-0.25, -0.2) is 0 Å². The van der Waals surface area contributed by atoms with Crippen LogP contribution in [-0.4, -0.2) is 31.4 Å². The van der Waals surface area contributed by atoms with Crippen LogP contribution in [0.2, 0.25) is 5.02 Å². The fourth-order valence-electron chi connectivity index (χ4n) is 1.22. The van der Waals surface area contributed by atoms with Gasteiger partial charge in [-0.15, -0.1) is 11.8 Å². The van der Waals surface area contributed by atoms with Gasteiger partial charge in [-0.2, -0.15) is 0 Å². The number of halogens is 1. The third-order valence-corrected chi connectivity index (χ3v) is 3.51. The van der Waals surface area contributed by atoms with E-state index in [2.05, 4.69) is 5.32 Å². The van der Waals surface area contributed by atoms with E-state index in [1.165, 1.54) is 0 Å². The first-order valence-electron chi connectivity index (χ1n) is 5.39. The van der Waals surface area contributed by atoms with Crippen molar-refractivity contribution in [1.82, 2.24) is 5.32 Å². The summed E-state index contributed by atoms with van der Waals surface area (Å²) in [5, 5.41) is 3.66. The molecular formula is C12H16ClNO2S. The van der Waals surface area contributed by atoms with Crippen LogP contribution in [0.5, 0.6) is 0 Å². The number of ether oxygens (including phenoxy) is 1. The first kappa shape index (κ1) is 14.4. The fourth-order valence-corrected chi connectivity index (χ4v) is 2.34. The van der Waals surface area contributed by atoms with Gasteiger partial charge in [-0.1, -0.05) is 11.6 Å². The zero-order valence-corrected chi connectivity index (χ0v) is 11.5. The fraction of sp³-hybridized carbons (Fsp3) is 0.417. The molecule has 0 bridgehead atoms. The van der Waals surface area contributed by atoms with Gasteiger partial charge in [0.2, 0.25) is 0 Å². The molecule has 17 heavy (non-hydrogen) atoms. The van der Waals surface area contributed by atoms with Crippen LogP contribution < -0.4 is 5.32 Å². The molecule has 1 N–H and O–H groups in total. The number of rotatable bonds is 6. The molecule has 0 aromatic heterocycles. The Bertz CT molecular complexity index is 356. The summed E-state index contributed by atoms with van der Waals surface area (Å²) < 4.78 is 4.97. The molecule has 3 nitrogen and oxygen atoms in total. The monoisotopic (exact) mass is 273 g/mol. The Balaban J connectivity index is 2.47. The van der Waals surface area contributed by atoms with Gasteiger partial charge >= 0.3 is 5.97 Å². The van der Waals surface area contributed by atoms with Crippen molar-refractivity contribution < 1.29 is 9.53 Å². The van der Waals surface area contributed by atoms with Gasteiger partial charge in [0.05, 0.1) is 6.61 Å². The lowest BCUT2D eigenvalue weighted by Gasteiger charge is -2.14. The Morgan fingerprint density at radius 3 is 2.65 bits per heavy atom. The number of nitrogens with one attached hydrogen (secondary N) is 1. The number of hydrogen-bond acceptors (Lipinski definition) is 4. The summed E-state index contributed by atoms with van der Waals surface area (Å²) in [6.07, 6.45) is 0. The van der Waals surface area contributed by atoms with Gasteiger partial charge in [-0.05, 0) is 38.2 Å². The van der Waals surface area contributed by atoms with E-state index in [4.69, 9.17) is 16.3 Å². The molecule has 0 saturated heterocycles. The number of thioether (sulfide) groups is 1. The van der Waals surface area contributed by atoms with E-state index in [0.717, 1.165) is 4.90 Å². The van der Waals surface area contributed by atoms with Gasteiger partial charge in [-0.3, -0.25) is 4.79 Å². The van der Waals surface area contributed by atoms with Crippen molar-refractivity contribution in [2.45, 2.75) is 17.9 Å². The third kappa shape index (κ3) is 4.98. The highest BCUT2D eigenvalue weighted by Crippen LogP contribution is 2.21. The van der Waals surface area contributed by atoms with Crippen molar-refractivity contribution in [1.29, 1.82) is 0 Å². The maximum atomic E-state index is 11.5. The molecule has 0 saturated carbocycles. The molecule has 1 unspecified atom stereocenters. The van der Waals surface area contributed by atoms with Crippen LogP contribution in [0.4, 0.5) is 0 Å². The largest absolute Gasteiger partial charge is 0.465 e. The summed E-state index contributed by atoms with van der Waals surface area (Å²) in [6.45, 7) is 2.21. The Kier molecular flexibility index (Phi) is 6.40. The van der Waals surface area contributed by atoms with Gasteiger partial charge in [0.1, 0.15) is 6.04 Å². The number of carbonyl (C=O) groups is 1. The summed E-state index contributed by atoms with van der Waals surface area (Å²) in [6, 6.07) is 7.26. The minimum absolute atomic E-state index is 0.212. The molecule has 0 aliphatic rings. The molecule has 0 fully saturated rings. The number of likely N-dealkylation sites (N-methyl/N-ethyl adjacent to an activating group) is 1. The third-order valence-electron chi connectivity index (χ3n) is 2.15. The number of carbonyl (C=O) groups excluding carboxylic acids is 1. The highest BCUT2D eigenvalue weighted by molar-refractivity contribution is 7.99. The Labute approximate surface area is 111 Å². The van der Waals surface area contributed by atoms with E-state index in [0.29, 0.717) is 17.4 Å². The molecule has 94 valence electrons. The van der Waals surface area contributed by atoms with Crippen LogP contribution in [0.3, 0.4) is 0 Å². The number of benzene rings is 1. The smallest absolute Gasteiger partial charge is 0.323 e. The summed E-state index contributed by atoms with van der Waals surface area (Å²) in [7, 11) is 1.75. The van der Waals surface area contributed by atoms with Crippen LogP contribution in [0.25, 0.3) is 0 Å². The highest BCUT2D eigenvalue weighted by atomic mass is 35.5. The lowest BCUT2D eigenvalue weighted by atomic mass is 10.3. The van der Waals surface area contributed by atoms with Gasteiger partial charge in [0, 0.05) is 15.7 Å². The molecule has 0 aliphatic carbocycles. The standard InChI is InChI=1S/C12H16ClNO2S/c1-3-16-12(15)11(14-2)8-17-10-6-4-9(13)5-7-10/h4-7,11,14H,3,8H2,1-2H3. The predicted molar refractivity (Wildman–Crippen MR) is 71.7 cm³/mol. The minimum atomic E-state index is -0.282. The molecule has 0 spiro atoms. The molecule has 1 aromatic rings. The SMILES string of the molecule is CCOC(=O)C(CSc1ccc(Cl)cc1)NC. The summed E-state index contributed by atoms with van der Waals surface area (Å²) >= 11 is 7.39.